The lowest BCUT2D eigenvalue weighted by Gasteiger charge is -2.23. The van der Waals surface area contributed by atoms with Gasteiger partial charge in [0.2, 0.25) is 0 Å². The predicted molar refractivity (Wildman–Crippen MR) is 163 cm³/mol. The topological polar surface area (TPSA) is 9.23 Å². The van der Waals surface area contributed by atoms with Gasteiger partial charge in [-0.25, -0.2) is 0 Å². The molecule has 0 bridgehead atoms. The summed E-state index contributed by atoms with van der Waals surface area (Å²) in [5, 5.41) is 8.07. The highest BCUT2D eigenvalue weighted by Crippen LogP contribution is 2.50. The van der Waals surface area contributed by atoms with Crippen molar-refractivity contribution in [3.05, 3.63) is 107 Å². The van der Waals surface area contributed by atoms with E-state index < -0.39 is 0 Å². The molecule has 0 saturated heterocycles. The minimum atomic E-state index is -0.0580. The van der Waals surface area contributed by atoms with E-state index in [2.05, 4.69) is 120 Å². The summed E-state index contributed by atoms with van der Waals surface area (Å²) in [5.41, 5.74) is 10.8. The van der Waals surface area contributed by atoms with Crippen LogP contribution in [0.1, 0.15) is 56.9 Å². The van der Waals surface area contributed by atoms with Crippen molar-refractivity contribution in [2.75, 3.05) is 7.11 Å². The maximum atomic E-state index is 5.42. The van der Waals surface area contributed by atoms with Crippen molar-refractivity contribution in [1.29, 1.82) is 0 Å². The molecule has 1 heteroatoms. The minimum absolute atomic E-state index is 0.0580. The van der Waals surface area contributed by atoms with Crippen molar-refractivity contribution in [1.82, 2.24) is 0 Å². The van der Waals surface area contributed by atoms with Crippen molar-refractivity contribution in [2.24, 2.45) is 0 Å². The third-order valence-electron chi connectivity index (χ3n) is 8.83. The van der Waals surface area contributed by atoms with Gasteiger partial charge in [-0.1, -0.05) is 113 Å². The summed E-state index contributed by atoms with van der Waals surface area (Å²) in [7, 11) is 1.76. The van der Waals surface area contributed by atoms with Crippen LogP contribution in [-0.4, -0.2) is 7.11 Å². The van der Waals surface area contributed by atoms with Crippen LogP contribution in [0.25, 0.3) is 54.6 Å². The summed E-state index contributed by atoms with van der Waals surface area (Å²) in [6.45, 7) is 12.2. The molecule has 0 aliphatic heterocycles. The second-order valence-corrected chi connectivity index (χ2v) is 12.6. The number of hydrogen-bond donors (Lipinski definition) is 0. The maximum Gasteiger partial charge on any atom is 0.0713 e. The predicted octanol–water partition coefficient (Wildman–Crippen LogP) is 10.0. The highest BCUT2D eigenvalue weighted by Gasteiger charge is 2.35. The van der Waals surface area contributed by atoms with E-state index >= 15 is 0 Å². The molecule has 1 aliphatic rings. The Kier molecular flexibility index (Phi) is 4.88. The number of methoxy groups -OCH3 is 1. The van der Waals surface area contributed by atoms with Crippen molar-refractivity contribution >= 4 is 32.3 Å². The fraction of sp³-hybridized carbons (Fsp3) is 0.243. The van der Waals surface area contributed by atoms with Gasteiger partial charge < -0.3 is 4.74 Å². The number of fused-ring (bicyclic) bond motifs is 3. The fourth-order valence-electron chi connectivity index (χ4n) is 6.71. The number of ether oxygens (including phenoxy) is 1. The number of hydrogen-bond acceptors (Lipinski definition) is 1. The molecule has 0 spiro atoms. The van der Waals surface area contributed by atoms with Crippen LogP contribution in [0, 0.1) is 0 Å². The van der Waals surface area contributed by atoms with Gasteiger partial charge in [-0.15, -0.1) is 0 Å². The summed E-state index contributed by atoms with van der Waals surface area (Å²) in [6.07, 6.45) is 0. The van der Waals surface area contributed by atoms with E-state index in [0.717, 1.165) is 0 Å². The first-order chi connectivity index (χ1) is 18.2. The number of benzene rings is 6. The van der Waals surface area contributed by atoms with Gasteiger partial charge in [-0.05, 0) is 88.3 Å². The minimum Gasteiger partial charge on any atom is -0.380 e. The van der Waals surface area contributed by atoms with Crippen LogP contribution in [0.4, 0.5) is 0 Å². The molecule has 6 aromatic carbocycles. The van der Waals surface area contributed by atoms with E-state index in [1.165, 1.54) is 76.8 Å². The second kappa shape index (κ2) is 7.91. The van der Waals surface area contributed by atoms with Crippen molar-refractivity contribution in [3.8, 4) is 22.3 Å². The van der Waals surface area contributed by atoms with Gasteiger partial charge in [0.05, 0.1) is 6.61 Å². The van der Waals surface area contributed by atoms with E-state index in [0.29, 0.717) is 6.61 Å². The molecule has 6 aromatic rings. The Labute approximate surface area is 225 Å². The molecule has 0 fully saturated rings. The van der Waals surface area contributed by atoms with E-state index in [1.807, 2.05) is 0 Å². The van der Waals surface area contributed by atoms with Gasteiger partial charge >= 0.3 is 0 Å². The zero-order valence-corrected chi connectivity index (χ0v) is 23.2. The van der Waals surface area contributed by atoms with Crippen LogP contribution in [-0.2, 0) is 22.2 Å². The molecule has 38 heavy (non-hydrogen) atoms. The van der Waals surface area contributed by atoms with Crippen molar-refractivity contribution in [2.45, 2.75) is 52.1 Å². The summed E-state index contributed by atoms with van der Waals surface area (Å²) >= 11 is 0. The lowest BCUT2D eigenvalue weighted by atomic mass is 9.80. The molecule has 1 nitrogen and oxygen atoms in total. The van der Waals surface area contributed by atoms with Crippen LogP contribution in [0.3, 0.4) is 0 Å². The molecule has 7 rings (SSSR count). The zero-order chi connectivity index (χ0) is 26.4. The van der Waals surface area contributed by atoms with E-state index in [1.54, 1.807) is 7.11 Å². The average Bonchev–Trinajstić information content (AvgIpc) is 3.12. The Morgan fingerprint density at radius 3 is 1.95 bits per heavy atom. The Bertz CT molecular complexity index is 1860. The van der Waals surface area contributed by atoms with Gasteiger partial charge in [-0.2, -0.15) is 0 Å². The Morgan fingerprint density at radius 1 is 0.632 bits per heavy atom. The summed E-state index contributed by atoms with van der Waals surface area (Å²) in [6, 6.07) is 32.6. The van der Waals surface area contributed by atoms with Gasteiger partial charge in [0.1, 0.15) is 0 Å². The van der Waals surface area contributed by atoms with Crippen LogP contribution in [0.15, 0.2) is 84.9 Å². The molecule has 1 aliphatic carbocycles. The highest BCUT2D eigenvalue weighted by atomic mass is 16.5. The lowest BCUT2D eigenvalue weighted by Crippen LogP contribution is -2.15. The SMILES string of the molecule is COCc1ccc2c(c1)C(C)(C)c1cc(-c3ccc4ccc5cc(C(C)(C)C)cc6ccc3c4c56)ccc1-2. The molecular weight excluding hydrogens is 460 g/mol. The third kappa shape index (κ3) is 3.28. The van der Waals surface area contributed by atoms with E-state index in [9.17, 15) is 0 Å². The van der Waals surface area contributed by atoms with E-state index in [4.69, 9.17) is 4.74 Å². The monoisotopic (exact) mass is 494 g/mol. The molecule has 0 saturated carbocycles. The molecule has 0 radical (unpaired) electrons. The smallest absolute Gasteiger partial charge is 0.0713 e. The van der Waals surface area contributed by atoms with Crippen LogP contribution in [0.2, 0.25) is 0 Å². The van der Waals surface area contributed by atoms with Crippen molar-refractivity contribution < 1.29 is 4.74 Å². The quantitative estimate of drug-likeness (QED) is 0.222. The Balaban J connectivity index is 1.43. The average molecular weight is 495 g/mol. The van der Waals surface area contributed by atoms with E-state index in [-0.39, 0.29) is 10.8 Å². The van der Waals surface area contributed by atoms with Crippen molar-refractivity contribution in [3.63, 3.8) is 0 Å². The highest BCUT2D eigenvalue weighted by molar-refractivity contribution is 6.25. The first-order valence-corrected chi connectivity index (χ1v) is 13.7. The molecular formula is C37H34O. The maximum absolute atomic E-state index is 5.42. The van der Waals surface area contributed by atoms with Gasteiger partial charge in [0.25, 0.3) is 0 Å². The molecule has 0 unspecified atom stereocenters. The van der Waals surface area contributed by atoms with Gasteiger partial charge in [0, 0.05) is 12.5 Å². The summed E-state index contributed by atoms with van der Waals surface area (Å²) in [4.78, 5) is 0. The molecule has 0 aromatic heterocycles. The standard InChI is InChI=1S/C37H34O/c1-36(2,3)27-18-25-9-8-23-10-14-28(31-16-12-26(19-27)34(25)35(23)31)24-11-15-30-29-13-7-22(21-38-6)17-32(29)37(4,5)33(30)20-24/h7-20H,21H2,1-6H3. The van der Waals surface area contributed by atoms with Gasteiger partial charge in [-0.3, -0.25) is 0 Å². The molecule has 0 N–H and O–H groups in total. The Morgan fingerprint density at radius 2 is 1.24 bits per heavy atom. The second-order valence-electron chi connectivity index (χ2n) is 12.6. The molecule has 188 valence electrons. The molecule has 0 amide bonds. The first-order valence-electron chi connectivity index (χ1n) is 13.7. The summed E-state index contributed by atoms with van der Waals surface area (Å²) in [5.74, 6) is 0. The van der Waals surface area contributed by atoms with Gasteiger partial charge in [0.15, 0.2) is 0 Å². The largest absolute Gasteiger partial charge is 0.380 e. The Hall–Kier alpha value is -3.68. The molecule has 0 heterocycles. The molecule has 0 atom stereocenters. The summed E-state index contributed by atoms with van der Waals surface area (Å²) < 4.78 is 5.42. The van der Waals surface area contributed by atoms with Crippen LogP contribution < -0.4 is 0 Å². The fourth-order valence-corrected chi connectivity index (χ4v) is 6.71. The third-order valence-corrected chi connectivity index (χ3v) is 8.83. The zero-order valence-electron chi connectivity index (χ0n) is 23.2. The number of rotatable bonds is 3. The van der Waals surface area contributed by atoms with Crippen LogP contribution >= 0.6 is 0 Å². The first kappa shape index (κ1) is 23.4. The van der Waals surface area contributed by atoms with Crippen LogP contribution in [0.5, 0.6) is 0 Å². The lowest BCUT2D eigenvalue weighted by molar-refractivity contribution is 0.185. The normalized spacial score (nSPS) is 14.5.